The highest BCUT2D eigenvalue weighted by Gasteiger charge is 2.35. The third-order valence-corrected chi connectivity index (χ3v) is 5.52. The number of piperazine rings is 1. The number of halogens is 1. The second-order valence-corrected chi connectivity index (χ2v) is 7.35. The standard InChI is InChI=1S/C21H26FN5O2/c1-16-23-7-6-19(24-16)25-8-10-27(11-9-25)21(28)20(26-12-14-29-15-13-26)17-4-2-3-5-18(17)22/h2-7,20H,8-15H2,1H3. The molecule has 2 fully saturated rings. The van der Waals surface area contributed by atoms with Gasteiger partial charge in [-0.25, -0.2) is 14.4 Å². The van der Waals surface area contributed by atoms with Crippen LogP contribution < -0.4 is 4.90 Å². The van der Waals surface area contributed by atoms with Crippen LogP contribution in [0.4, 0.5) is 10.2 Å². The fraction of sp³-hybridized carbons (Fsp3) is 0.476. The molecule has 2 aromatic rings. The molecule has 154 valence electrons. The number of aromatic nitrogens is 2. The van der Waals surface area contributed by atoms with Gasteiger partial charge >= 0.3 is 0 Å². The monoisotopic (exact) mass is 399 g/mol. The zero-order chi connectivity index (χ0) is 20.2. The summed E-state index contributed by atoms with van der Waals surface area (Å²) in [6.45, 7) is 6.75. The van der Waals surface area contributed by atoms with Crippen molar-refractivity contribution in [2.24, 2.45) is 0 Å². The highest BCUT2D eigenvalue weighted by Crippen LogP contribution is 2.27. The van der Waals surface area contributed by atoms with Gasteiger partial charge in [0.25, 0.3) is 0 Å². The number of morpholine rings is 1. The second kappa shape index (κ2) is 8.84. The van der Waals surface area contributed by atoms with E-state index in [4.69, 9.17) is 4.74 Å². The third-order valence-electron chi connectivity index (χ3n) is 5.52. The van der Waals surface area contributed by atoms with Crippen LogP contribution in [-0.2, 0) is 9.53 Å². The van der Waals surface area contributed by atoms with Gasteiger partial charge in [-0.05, 0) is 19.1 Å². The van der Waals surface area contributed by atoms with Crippen molar-refractivity contribution in [3.05, 3.63) is 53.7 Å². The number of carbonyl (C=O) groups excluding carboxylic acids is 1. The number of carbonyl (C=O) groups is 1. The number of ether oxygens (including phenoxy) is 1. The van der Waals surface area contributed by atoms with Crippen LogP contribution in [-0.4, -0.2) is 78.2 Å². The maximum absolute atomic E-state index is 14.6. The van der Waals surface area contributed by atoms with Crippen molar-refractivity contribution < 1.29 is 13.9 Å². The molecule has 3 heterocycles. The smallest absolute Gasteiger partial charge is 0.244 e. The van der Waals surface area contributed by atoms with Gasteiger partial charge in [-0.1, -0.05) is 18.2 Å². The predicted molar refractivity (Wildman–Crippen MR) is 107 cm³/mol. The number of anilines is 1. The molecular formula is C21H26FN5O2. The maximum Gasteiger partial charge on any atom is 0.244 e. The minimum Gasteiger partial charge on any atom is -0.379 e. The first kappa shape index (κ1) is 19.7. The fourth-order valence-electron chi connectivity index (χ4n) is 3.97. The molecule has 0 saturated carbocycles. The topological polar surface area (TPSA) is 61.8 Å². The molecule has 0 bridgehead atoms. The second-order valence-electron chi connectivity index (χ2n) is 7.35. The molecular weight excluding hydrogens is 373 g/mol. The Kier molecular flexibility index (Phi) is 6.01. The number of hydrogen-bond donors (Lipinski definition) is 0. The summed E-state index contributed by atoms with van der Waals surface area (Å²) in [4.78, 5) is 28.1. The lowest BCUT2D eigenvalue weighted by atomic mass is 10.0. The molecule has 29 heavy (non-hydrogen) atoms. The molecule has 7 nitrogen and oxygen atoms in total. The zero-order valence-corrected chi connectivity index (χ0v) is 16.6. The van der Waals surface area contributed by atoms with Gasteiger partial charge in [0.05, 0.1) is 13.2 Å². The van der Waals surface area contributed by atoms with Gasteiger partial charge in [0.15, 0.2) is 0 Å². The Bertz CT molecular complexity index is 850. The molecule has 0 N–H and O–H groups in total. The fourth-order valence-corrected chi connectivity index (χ4v) is 3.97. The average Bonchev–Trinajstić information content (AvgIpc) is 2.76. The van der Waals surface area contributed by atoms with Crippen molar-refractivity contribution in [2.75, 3.05) is 57.4 Å². The Morgan fingerprint density at radius 3 is 2.48 bits per heavy atom. The van der Waals surface area contributed by atoms with Gasteiger partial charge in [-0.3, -0.25) is 9.69 Å². The predicted octanol–water partition coefficient (Wildman–Crippen LogP) is 1.65. The van der Waals surface area contributed by atoms with Crippen LogP contribution in [0.1, 0.15) is 17.4 Å². The minimum absolute atomic E-state index is 0.0458. The van der Waals surface area contributed by atoms with Crippen LogP contribution in [0, 0.1) is 12.7 Å². The summed E-state index contributed by atoms with van der Waals surface area (Å²) in [7, 11) is 0. The van der Waals surface area contributed by atoms with E-state index in [9.17, 15) is 9.18 Å². The van der Waals surface area contributed by atoms with Gasteiger partial charge in [-0.2, -0.15) is 0 Å². The summed E-state index contributed by atoms with van der Waals surface area (Å²) >= 11 is 0. The van der Waals surface area contributed by atoms with Crippen molar-refractivity contribution in [3.63, 3.8) is 0 Å². The summed E-state index contributed by atoms with van der Waals surface area (Å²) in [5, 5.41) is 0. The van der Waals surface area contributed by atoms with Crippen molar-refractivity contribution in [1.82, 2.24) is 19.8 Å². The zero-order valence-electron chi connectivity index (χ0n) is 16.6. The first-order valence-corrected chi connectivity index (χ1v) is 10.0. The highest BCUT2D eigenvalue weighted by molar-refractivity contribution is 5.83. The van der Waals surface area contributed by atoms with Crippen molar-refractivity contribution in [3.8, 4) is 0 Å². The number of nitrogens with zero attached hydrogens (tertiary/aromatic N) is 5. The first-order chi connectivity index (χ1) is 14.1. The Morgan fingerprint density at radius 1 is 1.07 bits per heavy atom. The van der Waals surface area contributed by atoms with Crippen LogP contribution in [0.3, 0.4) is 0 Å². The Morgan fingerprint density at radius 2 is 1.79 bits per heavy atom. The Balaban J connectivity index is 1.50. The third kappa shape index (κ3) is 4.38. The molecule has 1 aromatic carbocycles. The highest BCUT2D eigenvalue weighted by atomic mass is 19.1. The Hall–Kier alpha value is -2.58. The van der Waals surface area contributed by atoms with E-state index in [0.717, 1.165) is 11.6 Å². The molecule has 0 radical (unpaired) electrons. The number of aryl methyl sites for hydroxylation is 1. The summed E-state index contributed by atoms with van der Waals surface area (Å²) in [6, 6.07) is 7.85. The molecule has 4 rings (SSSR count). The van der Waals surface area contributed by atoms with Crippen LogP contribution in [0.25, 0.3) is 0 Å². The van der Waals surface area contributed by atoms with E-state index < -0.39 is 6.04 Å². The molecule has 1 atom stereocenters. The SMILES string of the molecule is Cc1nccc(N2CCN(C(=O)C(c3ccccc3F)N3CCOCC3)CC2)n1. The average molecular weight is 399 g/mol. The van der Waals surface area contributed by atoms with E-state index in [1.807, 2.05) is 22.8 Å². The van der Waals surface area contributed by atoms with E-state index >= 15 is 0 Å². The first-order valence-electron chi connectivity index (χ1n) is 10.0. The number of amides is 1. The molecule has 1 unspecified atom stereocenters. The van der Waals surface area contributed by atoms with E-state index in [0.29, 0.717) is 58.0 Å². The molecule has 0 aliphatic carbocycles. The molecule has 2 aliphatic heterocycles. The summed E-state index contributed by atoms with van der Waals surface area (Å²) in [6.07, 6.45) is 1.75. The summed E-state index contributed by atoms with van der Waals surface area (Å²) in [5.74, 6) is 1.22. The van der Waals surface area contributed by atoms with Crippen LogP contribution >= 0.6 is 0 Å². The van der Waals surface area contributed by atoms with E-state index in [1.165, 1.54) is 6.07 Å². The Labute approximate surface area is 170 Å². The normalized spacial score (nSPS) is 19.2. The lowest BCUT2D eigenvalue weighted by Gasteiger charge is -2.40. The molecule has 1 aromatic heterocycles. The molecule has 2 saturated heterocycles. The molecule has 1 amide bonds. The molecule has 2 aliphatic rings. The van der Waals surface area contributed by atoms with Crippen molar-refractivity contribution >= 4 is 11.7 Å². The van der Waals surface area contributed by atoms with Gasteiger partial charge in [0, 0.05) is 51.0 Å². The maximum atomic E-state index is 14.6. The van der Waals surface area contributed by atoms with E-state index in [2.05, 4.69) is 14.9 Å². The van der Waals surface area contributed by atoms with Crippen molar-refractivity contribution in [1.29, 1.82) is 0 Å². The van der Waals surface area contributed by atoms with Gasteiger partial charge in [-0.15, -0.1) is 0 Å². The quantitative estimate of drug-likeness (QED) is 0.779. The molecule has 0 spiro atoms. The minimum atomic E-state index is -0.618. The number of hydrogen-bond acceptors (Lipinski definition) is 6. The summed E-state index contributed by atoms with van der Waals surface area (Å²) < 4.78 is 20.0. The van der Waals surface area contributed by atoms with Crippen molar-refractivity contribution in [2.45, 2.75) is 13.0 Å². The van der Waals surface area contributed by atoms with Crippen LogP contribution in [0.5, 0.6) is 0 Å². The van der Waals surface area contributed by atoms with Crippen LogP contribution in [0.2, 0.25) is 0 Å². The van der Waals surface area contributed by atoms with Gasteiger partial charge in [0.1, 0.15) is 23.5 Å². The number of benzene rings is 1. The van der Waals surface area contributed by atoms with E-state index in [1.54, 1.807) is 24.4 Å². The lowest BCUT2D eigenvalue weighted by molar-refractivity contribution is -0.139. The lowest BCUT2D eigenvalue weighted by Crippen LogP contribution is -2.53. The summed E-state index contributed by atoms with van der Waals surface area (Å²) in [5.41, 5.74) is 0.438. The molecule has 8 heteroatoms. The number of rotatable bonds is 4. The largest absolute Gasteiger partial charge is 0.379 e. The van der Waals surface area contributed by atoms with Gasteiger partial charge in [0.2, 0.25) is 5.91 Å². The van der Waals surface area contributed by atoms with Gasteiger partial charge < -0.3 is 14.5 Å². The van der Waals surface area contributed by atoms with Crippen LogP contribution in [0.15, 0.2) is 36.5 Å². The van der Waals surface area contributed by atoms with E-state index in [-0.39, 0.29) is 11.7 Å².